The lowest BCUT2D eigenvalue weighted by Crippen LogP contribution is -2.51. The molecule has 1 fully saturated rings. The Kier molecular flexibility index (Phi) is 4.50. The number of urea groups is 1. The molecule has 0 radical (unpaired) electrons. The number of amides is 2. The predicted octanol–water partition coefficient (Wildman–Crippen LogP) is 2.32. The molecule has 0 unspecified atom stereocenters. The second-order valence-electron chi connectivity index (χ2n) is 5.91. The molecule has 0 saturated carbocycles. The number of carbonyl (C=O) groups excluding carboxylic acids is 1. The summed E-state index contributed by atoms with van der Waals surface area (Å²) < 4.78 is 5.10. The Bertz CT molecular complexity index is 657. The Morgan fingerprint density at radius 2 is 1.87 bits per heavy atom. The molecular formula is C17H22N4O2. The molecule has 1 aliphatic rings. The van der Waals surface area contributed by atoms with Crippen molar-refractivity contribution in [2.24, 2.45) is 0 Å². The zero-order valence-corrected chi connectivity index (χ0v) is 13.6. The minimum atomic E-state index is -0.0124. The van der Waals surface area contributed by atoms with E-state index in [1.165, 1.54) is 5.56 Å². The average molecular weight is 314 g/mol. The maximum absolute atomic E-state index is 12.2. The van der Waals surface area contributed by atoms with Gasteiger partial charge in [0, 0.05) is 38.8 Å². The van der Waals surface area contributed by atoms with Crippen molar-refractivity contribution in [2.75, 3.05) is 31.1 Å². The number of aromatic nitrogens is 1. The first-order chi connectivity index (χ1) is 11.1. The van der Waals surface area contributed by atoms with Gasteiger partial charge in [-0.2, -0.15) is 0 Å². The molecule has 6 nitrogen and oxygen atoms in total. The largest absolute Gasteiger partial charge is 0.360 e. The van der Waals surface area contributed by atoms with Crippen molar-refractivity contribution in [3.05, 3.63) is 47.2 Å². The first-order valence-electron chi connectivity index (χ1n) is 7.88. The number of nitrogens with one attached hydrogen (secondary N) is 1. The second-order valence-corrected chi connectivity index (χ2v) is 5.91. The van der Waals surface area contributed by atoms with E-state index in [-0.39, 0.29) is 6.03 Å². The topological polar surface area (TPSA) is 61.6 Å². The maximum Gasteiger partial charge on any atom is 0.317 e. The molecule has 2 amide bonds. The Hall–Kier alpha value is -2.50. The third kappa shape index (κ3) is 3.83. The van der Waals surface area contributed by atoms with E-state index < -0.39 is 0 Å². The molecule has 3 rings (SSSR count). The number of rotatable bonds is 3. The van der Waals surface area contributed by atoms with Crippen molar-refractivity contribution in [1.82, 2.24) is 15.4 Å². The molecule has 0 aliphatic carbocycles. The van der Waals surface area contributed by atoms with Crippen LogP contribution in [0.4, 0.5) is 10.6 Å². The van der Waals surface area contributed by atoms with Gasteiger partial charge in [-0.3, -0.25) is 0 Å². The summed E-state index contributed by atoms with van der Waals surface area (Å²) in [6.45, 7) is 7.40. The highest BCUT2D eigenvalue weighted by molar-refractivity contribution is 5.74. The van der Waals surface area contributed by atoms with E-state index in [0.29, 0.717) is 19.6 Å². The zero-order chi connectivity index (χ0) is 16.2. The summed E-state index contributed by atoms with van der Waals surface area (Å²) in [4.78, 5) is 16.2. The zero-order valence-electron chi connectivity index (χ0n) is 13.6. The highest BCUT2D eigenvalue weighted by Crippen LogP contribution is 2.16. The molecule has 0 atom stereocenters. The normalized spacial score (nSPS) is 14.9. The van der Waals surface area contributed by atoms with Gasteiger partial charge in [-0.05, 0) is 19.4 Å². The van der Waals surface area contributed by atoms with Crippen LogP contribution in [0.1, 0.15) is 16.9 Å². The number of anilines is 1. The molecule has 1 aliphatic heterocycles. The van der Waals surface area contributed by atoms with Crippen LogP contribution in [-0.2, 0) is 6.54 Å². The van der Waals surface area contributed by atoms with E-state index in [4.69, 9.17) is 4.52 Å². The summed E-state index contributed by atoms with van der Waals surface area (Å²) in [7, 11) is 0. The molecule has 1 aromatic carbocycles. The van der Waals surface area contributed by atoms with Gasteiger partial charge in [0.05, 0.1) is 0 Å². The number of aryl methyl sites for hydroxylation is 2. The number of nitrogens with zero attached hydrogens (tertiary/aromatic N) is 3. The van der Waals surface area contributed by atoms with Gasteiger partial charge in [0.15, 0.2) is 5.82 Å². The van der Waals surface area contributed by atoms with Crippen LogP contribution in [0.5, 0.6) is 0 Å². The van der Waals surface area contributed by atoms with Crippen LogP contribution in [0.15, 0.2) is 34.9 Å². The van der Waals surface area contributed by atoms with Crippen molar-refractivity contribution >= 4 is 11.8 Å². The minimum Gasteiger partial charge on any atom is -0.360 e. The smallest absolute Gasteiger partial charge is 0.317 e. The SMILES string of the molecule is Cc1ccc(CNC(=O)N2CCN(c3cc(C)on3)CC2)cc1. The van der Waals surface area contributed by atoms with Gasteiger partial charge in [-0.1, -0.05) is 35.0 Å². The Morgan fingerprint density at radius 1 is 1.17 bits per heavy atom. The molecule has 0 spiro atoms. The van der Waals surface area contributed by atoms with Crippen molar-refractivity contribution in [1.29, 1.82) is 0 Å². The van der Waals surface area contributed by atoms with Crippen molar-refractivity contribution in [3.8, 4) is 0 Å². The van der Waals surface area contributed by atoms with Crippen LogP contribution >= 0.6 is 0 Å². The monoisotopic (exact) mass is 314 g/mol. The van der Waals surface area contributed by atoms with E-state index in [0.717, 1.165) is 30.2 Å². The second kappa shape index (κ2) is 6.73. The quantitative estimate of drug-likeness (QED) is 0.944. The first kappa shape index (κ1) is 15.4. The third-order valence-electron chi connectivity index (χ3n) is 4.07. The first-order valence-corrected chi connectivity index (χ1v) is 7.88. The predicted molar refractivity (Wildman–Crippen MR) is 88.4 cm³/mol. The van der Waals surface area contributed by atoms with Gasteiger partial charge < -0.3 is 19.6 Å². The number of benzene rings is 1. The van der Waals surface area contributed by atoms with Crippen LogP contribution in [0.3, 0.4) is 0 Å². The van der Waals surface area contributed by atoms with Gasteiger partial charge in [-0.25, -0.2) is 4.79 Å². The highest BCUT2D eigenvalue weighted by atomic mass is 16.5. The summed E-state index contributed by atoms with van der Waals surface area (Å²) in [6, 6.07) is 10.1. The summed E-state index contributed by atoms with van der Waals surface area (Å²) in [5.41, 5.74) is 2.33. The molecule has 2 heterocycles. The average Bonchev–Trinajstić information content (AvgIpc) is 3.01. The third-order valence-corrected chi connectivity index (χ3v) is 4.07. The van der Waals surface area contributed by atoms with Crippen LogP contribution in [0.25, 0.3) is 0 Å². The molecule has 1 N–H and O–H groups in total. The van der Waals surface area contributed by atoms with Crippen LogP contribution < -0.4 is 10.2 Å². The van der Waals surface area contributed by atoms with Gasteiger partial charge in [-0.15, -0.1) is 0 Å². The van der Waals surface area contributed by atoms with E-state index in [1.807, 2.05) is 30.0 Å². The van der Waals surface area contributed by atoms with E-state index >= 15 is 0 Å². The molecule has 1 aromatic heterocycles. The standard InChI is InChI=1S/C17H22N4O2/c1-13-3-5-15(6-4-13)12-18-17(22)21-9-7-20(8-10-21)16-11-14(2)23-19-16/h3-6,11H,7-10,12H2,1-2H3,(H,18,22). The summed E-state index contributed by atoms with van der Waals surface area (Å²) in [5, 5.41) is 7.01. The van der Waals surface area contributed by atoms with Crippen molar-refractivity contribution in [3.63, 3.8) is 0 Å². The van der Waals surface area contributed by atoms with Gasteiger partial charge in [0.1, 0.15) is 5.76 Å². The number of hydrogen-bond acceptors (Lipinski definition) is 4. The molecule has 23 heavy (non-hydrogen) atoms. The van der Waals surface area contributed by atoms with Gasteiger partial charge >= 0.3 is 6.03 Å². The van der Waals surface area contributed by atoms with Crippen LogP contribution in [0.2, 0.25) is 0 Å². The lowest BCUT2D eigenvalue weighted by atomic mass is 10.1. The number of carbonyl (C=O) groups is 1. The Morgan fingerprint density at radius 3 is 2.48 bits per heavy atom. The molecule has 1 saturated heterocycles. The fraction of sp³-hybridized carbons (Fsp3) is 0.412. The summed E-state index contributed by atoms with van der Waals surface area (Å²) >= 11 is 0. The molecular weight excluding hydrogens is 292 g/mol. The number of hydrogen-bond donors (Lipinski definition) is 1. The number of piperazine rings is 1. The van der Waals surface area contributed by atoms with Crippen LogP contribution in [0, 0.1) is 13.8 Å². The molecule has 2 aromatic rings. The highest BCUT2D eigenvalue weighted by Gasteiger charge is 2.22. The lowest BCUT2D eigenvalue weighted by Gasteiger charge is -2.34. The van der Waals surface area contributed by atoms with Gasteiger partial charge in [0.25, 0.3) is 0 Å². The van der Waals surface area contributed by atoms with Crippen molar-refractivity contribution in [2.45, 2.75) is 20.4 Å². The van der Waals surface area contributed by atoms with Crippen LogP contribution in [-0.4, -0.2) is 42.3 Å². The minimum absolute atomic E-state index is 0.0124. The maximum atomic E-state index is 12.2. The Labute approximate surface area is 136 Å². The molecule has 6 heteroatoms. The summed E-state index contributed by atoms with van der Waals surface area (Å²) in [6.07, 6.45) is 0. The van der Waals surface area contributed by atoms with E-state index in [1.54, 1.807) is 0 Å². The molecule has 122 valence electrons. The Balaban J connectivity index is 1.47. The van der Waals surface area contributed by atoms with Crippen molar-refractivity contribution < 1.29 is 9.32 Å². The fourth-order valence-electron chi connectivity index (χ4n) is 2.64. The lowest BCUT2D eigenvalue weighted by molar-refractivity contribution is 0.193. The van der Waals surface area contributed by atoms with Gasteiger partial charge in [0.2, 0.25) is 0 Å². The summed E-state index contributed by atoms with van der Waals surface area (Å²) in [5.74, 6) is 1.65. The van der Waals surface area contributed by atoms with E-state index in [9.17, 15) is 4.79 Å². The fourth-order valence-corrected chi connectivity index (χ4v) is 2.64. The molecule has 0 bridgehead atoms. The van der Waals surface area contributed by atoms with E-state index in [2.05, 4.69) is 34.4 Å².